The number of amides is 1. The summed E-state index contributed by atoms with van der Waals surface area (Å²) < 4.78 is 52.4. The number of likely N-dealkylation sites (N-methyl/N-ethyl adjacent to an activating group) is 1. The summed E-state index contributed by atoms with van der Waals surface area (Å²) in [5.74, 6) is -2.00. The van der Waals surface area contributed by atoms with Crippen LogP contribution in [0.2, 0.25) is 0 Å². The number of hydrogen-bond acceptors (Lipinski definition) is 9. The Bertz CT molecular complexity index is 1360. The fourth-order valence-corrected chi connectivity index (χ4v) is 3.90. The molecule has 1 fully saturated rings. The van der Waals surface area contributed by atoms with Gasteiger partial charge in [0.1, 0.15) is 17.1 Å². The number of Topliss-reactive ketones (excluding diaryl/α,β-unsaturated/α-hetero) is 1. The third kappa shape index (κ3) is 6.37. The molecule has 206 valence electrons. The second-order valence-corrected chi connectivity index (χ2v) is 8.76. The molecule has 0 bridgehead atoms. The predicted molar refractivity (Wildman–Crippen MR) is 139 cm³/mol. The summed E-state index contributed by atoms with van der Waals surface area (Å²) in [6, 6.07) is 11.1. The molecule has 2 N–H and O–H groups in total. The van der Waals surface area contributed by atoms with E-state index in [0.717, 1.165) is 23.7 Å². The van der Waals surface area contributed by atoms with Crippen molar-refractivity contribution in [3.8, 4) is 5.75 Å². The number of carbonyl (C=O) groups is 2. The van der Waals surface area contributed by atoms with Gasteiger partial charge in [-0.25, -0.2) is 4.98 Å². The number of nitrogens with zero attached hydrogens (tertiary/aromatic N) is 4. The van der Waals surface area contributed by atoms with Crippen molar-refractivity contribution in [3.63, 3.8) is 0 Å². The SMILES string of the molecule is COc1cc(N2CCOCC2)ccc1Nc1ncc(C(F)(F)F)c(Nc2ccccc2C(=O)C(=O)N(C)C)n1. The van der Waals surface area contributed by atoms with Gasteiger partial charge in [-0.2, -0.15) is 18.2 Å². The lowest BCUT2D eigenvalue weighted by Crippen LogP contribution is -2.36. The second kappa shape index (κ2) is 11.6. The van der Waals surface area contributed by atoms with E-state index in [1.807, 2.05) is 6.07 Å². The van der Waals surface area contributed by atoms with E-state index in [9.17, 15) is 22.8 Å². The van der Waals surface area contributed by atoms with Crippen LogP contribution in [0.5, 0.6) is 5.75 Å². The summed E-state index contributed by atoms with van der Waals surface area (Å²) in [5.41, 5.74) is 0.0827. The third-order valence-electron chi connectivity index (χ3n) is 5.93. The van der Waals surface area contributed by atoms with Gasteiger partial charge in [-0.15, -0.1) is 0 Å². The minimum Gasteiger partial charge on any atom is -0.494 e. The minimum atomic E-state index is -4.79. The van der Waals surface area contributed by atoms with Crippen LogP contribution in [0.25, 0.3) is 0 Å². The van der Waals surface area contributed by atoms with Crippen molar-refractivity contribution >= 4 is 40.5 Å². The number of para-hydroxylation sites is 1. The van der Waals surface area contributed by atoms with Crippen molar-refractivity contribution in [2.75, 3.05) is 63.0 Å². The van der Waals surface area contributed by atoms with Gasteiger partial charge in [-0.05, 0) is 24.3 Å². The number of morpholine rings is 1. The third-order valence-corrected chi connectivity index (χ3v) is 5.93. The molecule has 10 nitrogen and oxygen atoms in total. The first kappa shape index (κ1) is 27.6. The average Bonchev–Trinajstić information content (AvgIpc) is 2.92. The first-order valence-electron chi connectivity index (χ1n) is 11.9. The molecule has 0 aliphatic carbocycles. The number of anilines is 5. The summed E-state index contributed by atoms with van der Waals surface area (Å²) in [4.78, 5) is 36.0. The maximum absolute atomic E-state index is 13.8. The number of methoxy groups -OCH3 is 1. The number of benzene rings is 2. The molecule has 0 atom stereocenters. The first-order chi connectivity index (χ1) is 18.6. The highest BCUT2D eigenvalue weighted by Crippen LogP contribution is 2.37. The van der Waals surface area contributed by atoms with E-state index in [2.05, 4.69) is 25.5 Å². The van der Waals surface area contributed by atoms with Gasteiger partial charge in [0, 0.05) is 45.1 Å². The van der Waals surface area contributed by atoms with Gasteiger partial charge >= 0.3 is 6.18 Å². The highest BCUT2D eigenvalue weighted by molar-refractivity contribution is 6.43. The topological polar surface area (TPSA) is 109 Å². The Morgan fingerprint density at radius 2 is 1.77 bits per heavy atom. The normalized spacial score (nSPS) is 13.5. The minimum absolute atomic E-state index is 0.0136. The lowest BCUT2D eigenvalue weighted by molar-refractivity contribution is -0.137. The lowest BCUT2D eigenvalue weighted by Gasteiger charge is -2.29. The van der Waals surface area contributed by atoms with E-state index in [1.54, 1.807) is 12.1 Å². The molecule has 1 aromatic heterocycles. The molecule has 39 heavy (non-hydrogen) atoms. The molecule has 0 spiro atoms. The molecule has 0 saturated carbocycles. The summed E-state index contributed by atoms with van der Waals surface area (Å²) in [6.07, 6.45) is -4.15. The fraction of sp³-hybridized carbons (Fsp3) is 0.308. The molecule has 0 radical (unpaired) electrons. The zero-order chi connectivity index (χ0) is 28.2. The van der Waals surface area contributed by atoms with Crippen LogP contribution in [0.1, 0.15) is 15.9 Å². The van der Waals surface area contributed by atoms with E-state index in [4.69, 9.17) is 9.47 Å². The molecule has 1 aliphatic rings. The predicted octanol–water partition coefficient (Wildman–Crippen LogP) is 4.10. The Hall–Kier alpha value is -4.39. The number of carbonyl (C=O) groups excluding carboxylic acids is 2. The van der Waals surface area contributed by atoms with Crippen molar-refractivity contribution in [1.29, 1.82) is 0 Å². The lowest BCUT2D eigenvalue weighted by atomic mass is 10.1. The average molecular weight is 545 g/mol. The second-order valence-electron chi connectivity index (χ2n) is 8.76. The fourth-order valence-electron chi connectivity index (χ4n) is 3.90. The number of alkyl halides is 3. The van der Waals surface area contributed by atoms with Gasteiger partial charge in [0.25, 0.3) is 11.7 Å². The number of aromatic nitrogens is 2. The van der Waals surface area contributed by atoms with E-state index in [0.29, 0.717) is 30.8 Å². The van der Waals surface area contributed by atoms with Gasteiger partial charge in [0.2, 0.25) is 5.95 Å². The van der Waals surface area contributed by atoms with Crippen LogP contribution in [0.4, 0.5) is 42.0 Å². The van der Waals surface area contributed by atoms with Gasteiger partial charge in [-0.1, -0.05) is 12.1 Å². The summed E-state index contributed by atoms with van der Waals surface area (Å²) in [7, 11) is 4.29. The highest BCUT2D eigenvalue weighted by Gasteiger charge is 2.36. The Balaban J connectivity index is 1.66. The maximum Gasteiger partial charge on any atom is 0.421 e. The van der Waals surface area contributed by atoms with Crippen LogP contribution in [0.15, 0.2) is 48.7 Å². The smallest absolute Gasteiger partial charge is 0.421 e. The van der Waals surface area contributed by atoms with Crippen molar-refractivity contribution < 1.29 is 32.2 Å². The number of halogens is 3. The summed E-state index contributed by atoms with van der Waals surface area (Å²) in [5, 5.41) is 5.48. The van der Waals surface area contributed by atoms with Crippen LogP contribution in [0, 0.1) is 0 Å². The molecule has 4 rings (SSSR count). The van der Waals surface area contributed by atoms with Gasteiger partial charge < -0.3 is 29.9 Å². The molecule has 0 unspecified atom stereocenters. The standard InChI is InChI=1S/C26H27F3N6O4/c1-34(2)24(37)22(36)17-6-4-5-7-19(17)31-23-18(26(27,28)29)15-30-25(33-23)32-20-9-8-16(14-21(20)38-3)35-10-12-39-13-11-35/h4-9,14-15H,10-13H2,1-3H3,(H2,30,31,32,33). The van der Waals surface area contributed by atoms with E-state index < -0.39 is 29.2 Å². The largest absolute Gasteiger partial charge is 0.494 e. The molecule has 3 aromatic rings. The van der Waals surface area contributed by atoms with Crippen LogP contribution >= 0.6 is 0 Å². The quantitative estimate of drug-likeness (QED) is 0.320. The van der Waals surface area contributed by atoms with Gasteiger partial charge in [0.15, 0.2) is 0 Å². The van der Waals surface area contributed by atoms with E-state index in [-0.39, 0.29) is 17.2 Å². The molecule has 1 amide bonds. The Kier molecular flexibility index (Phi) is 8.19. The van der Waals surface area contributed by atoms with E-state index in [1.165, 1.54) is 45.5 Å². The number of ether oxygens (including phenoxy) is 2. The number of nitrogens with one attached hydrogen (secondary N) is 2. The molecule has 2 aromatic carbocycles. The van der Waals surface area contributed by atoms with Crippen molar-refractivity contribution in [3.05, 3.63) is 59.8 Å². The van der Waals surface area contributed by atoms with Crippen molar-refractivity contribution in [2.45, 2.75) is 6.18 Å². The monoisotopic (exact) mass is 544 g/mol. The van der Waals surface area contributed by atoms with Crippen LogP contribution in [0.3, 0.4) is 0 Å². The molecule has 1 aliphatic heterocycles. The maximum atomic E-state index is 13.8. The highest BCUT2D eigenvalue weighted by atomic mass is 19.4. The number of ketones is 1. The molecule has 2 heterocycles. The van der Waals surface area contributed by atoms with Crippen molar-refractivity contribution in [1.82, 2.24) is 14.9 Å². The van der Waals surface area contributed by atoms with E-state index >= 15 is 0 Å². The van der Waals surface area contributed by atoms with Gasteiger partial charge in [-0.3, -0.25) is 9.59 Å². The molecule has 1 saturated heterocycles. The van der Waals surface area contributed by atoms with Crippen LogP contribution < -0.4 is 20.3 Å². The number of hydrogen-bond donors (Lipinski definition) is 2. The van der Waals surface area contributed by atoms with Crippen LogP contribution in [-0.2, 0) is 15.7 Å². The van der Waals surface area contributed by atoms with Crippen LogP contribution in [-0.4, -0.2) is 74.1 Å². The first-order valence-corrected chi connectivity index (χ1v) is 11.9. The summed E-state index contributed by atoms with van der Waals surface area (Å²) in [6.45, 7) is 2.65. The Labute approximate surface area is 222 Å². The molecular weight excluding hydrogens is 517 g/mol. The molecular formula is C26H27F3N6O4. The summed E-state index contributed by atoms with van der Waals surface area (Å²) >= 11 is 0. The zero-order valence-electron chi connectivity index (χ0n) is 21.5. The van der Waals surface area contributed by atoms with Crippen molar-refractivity contribution in [2.24, 2.45) is 0 Å². The Morgan fingerprint density at radius 1 is 1.05 bits per heavy atom. The zero-order valence-corrected chi connectivity index (χ0v) is 21.5. The number of rotatable bonds is 8. The molecule has 13 heteroatoms. The Morgan fingerprint density at radius 3 is 2.44 bits per heavy atom. The van der Waals surface area contributed by atoms with Gasteiger partial charge in [0.05, 0.1) is 37.3 Å².